The topological polar surface area (TPSA) is 85.8 Å². The standard InChI is InChI=1S/C11H19N5O/c1-8-2-3-9(6-8)13-11(17)10-7-16(5-4-12)15-14-10/h7-9H,2-6,12H2,1H3,(H,13,17). The molecule has 0 saturated heterocycles. The highest BCUT2D eigenvalue weighted by Gasteiger charge is 2.23. The number of nitrogens with zero attached hydrogens (tertiary/aromatic N) is 3. The number of rotatable bonds is 4. The molecule has 3 N–H and O–H groups in total. The minimum Gasteiger partial charge on any atom is -0.348 e. The summed E-state index contributed by atoms with van der Waals surface area (Å²) in [7, 11) is 0. The third kappa shape index (κ3) is 3.03. The first-order valence-corrected chi connectivity index (χ1v) is 6.10. The summed E-state index contributed by atoms with van der Waals surface area (Å²) in [5.74, 6) is 0.570. The van der Waals surface area contributed by atoms with Gasteiger partial charge in [0, 0.05) is 12.6 Å². The summed E-state index contributed by atoms with van der Waals surface area (Å²) in [6.45, 7) is 3.29. The highest BCUT2D eigenvalue weighted by Crippen LogP contribution is 2.24. The van der Waals surface area contributed by atoms with Crippen LogP contribution in [0.5, 0.6) is 0 Å². The minimum atomic E-state index is -0.132. The maximum Gasteiger partial charge on any atom is 0.273 e. The zero-order valence-corrected chi connectivity index (χ0v) is 10.1. The maximum atomic E-state index is 11.9. The lowest BCUT2D eigenvalue weighted by molar-refractivity contribution is 0.0932. The van der Waals surface area contributed by atoms with Gasteiger partial charge in [-0.05, 0) is 25.2 Å². The normalized spacial score (nSPS) is 23.9. The van der Waals surface area contributed by atoms with Crippen molar-refractivity contribution in [3.8, 4) is 0 Å². The van der Waals surface area contributed by atoms with Gasteiger partial charge in [0.2, 0.25) is 0 Å². The first-order valence-electron chi connectivity index (χ1n) is 6.10. The monoisotopic (exact) mass is 237 g/mol. The smallest absolute Gasteiger partial charge is 0.273 e. The van der Waals surface area contributed by atoms with Crippen LogP contribution in [0.1, 0.15) is 36.7 Å². The summed E-state index contributed by atoms with van der Waals surface area (Å²) < 4.78 is 1.59. The van der Waals surface area contributed by atoms with Crippen molar-refractivity contribution in [2.24, 2.45) is 11.7 Å². The molecule has 1 amide bonds. The molecule has 1 fully saturated rings. The molecule has 2 unspecified atom stereocenters. The fourth-order valence-corrected chi connectivity index (χ4v) is 2.24. The van der Waals surface area contributed by atoms with E-state index in [4.69, 9.17) is 5.73 Å². The molecule has 0 radical (unpaired) electrons. The van der Waals surface area contributed by atoms with Crippen molar-refractivity contribution in [1.29, 1.82) is 0 Å². The van der Waals surface area contributed by atoms with Gasteiger partial charge in [-0.2, -0.15) is 0 Å². The first-order chi connectivity index (χ1) is 8.19. The maximum absolute atomic E-state index is 11.9. The van der Waals surface area contributed by atoms with Crippen LogP contribution in [0.4, 0.5) is 0 Å². The largest absolute Gasteiger partial charge is 0.348 e. The summed E-state index contributed by atoms with van der Waals surface area (Å²) >= 11 is 0. The van der Waals surface area contributed by atoms with Crippen LogP contribution in [0.2, 0.25) is 0 Å². The highest BCUT2D eigenvalue weighted by molar-refractivity contribution is 5.92. The molecule has 0 spiro atoms. The van der Waals surface area contributed by atoms with Crippen LogP contribution in [-0.4, -0.2) is 33.5 Å². The third-order valence-electron chi connectivity index (χ3n) is 3.16. The number of carbonyl (C=O) groups excluding carboxylic acids is 1. The van der Waals surface area contributed by atoms with Crippen molar-refractivity contribution >= 4 is 5.91 Å². The molecular weight excluding hydrogens is 218 g/mol. The molecule has 0 bridgehead atoms. The van der Waals surface area contributed by atoms with Crippen molar-refractivity contribution in [3.05, 3.63) is 11.9 Å². The first kappa shape index (κ1) is 12.0. The van der Waals surface area contributed by atoms with E-state index in [1.54, 1.807) is 10.9 Å². The number of nitrogens with two attached hydrogens (primary N) is 1. The van der Waals surface area contributed by atoms with Crippen LogP contribution in [0.25, 0.3) is 0 Å². The fraction of sp³-hybridized carbons (Fsp3) is 0.727. The summed E-state index contributed by atoms with van der Waals surface area (Å²) in [4.78, 5) is 11.9. The molecule has 1 aromatic heterocycles. The van der Waals surface area contributed by atoms with Gasteiger partial charge in [-0.3, -0.25) is 9.48 Å². The van der Waals surface area contributed by atoms with Gasteiger partial charge in [0.15, 0.2) is 5.69 Å². The zero-order valence-electron chi connectivity index (χ0n) is 10.1. The van der Waals surface area contributed by atoms with Crippen LogP contribution >= 0.6 is 0 Å². The molecule has 6 nitrogen and oxygen atoms in total. The summed E-state index contributed by atoms with van der Waals surface area (Å²) in [6, 6.07) is 0.289. The Hall–Kier alpha value is -1.43. The van der Waals surface area contributed by atoms with Gasteiger partial charge in [0.1, 0.15) is 0 Å². The molecule has 1 saturated carbocycles. The van der Waals surface area contributed by atoms with E-state index in [0.717, 1.165) is 12.8 Å². The van der Waals surface area contributed by atoms with E-state index in [-0.39, 0.29) is 11.9 Å². The van der Waals surface area contributed by atoms with Crippen molar-refractivity contribution in [2.45, 2.75) is 38.8 Å². The Kier molecular flexibility index (Phi) is 3.73. The van der Waals surface area contributed by atoms with Gasteiger partial charge < -0.3 is 11.1 Å². The predicted octanol–water partition coefficient (Wildman–Crippen LogP) is 0.155. The van der Waals surface area contributed by atoms with E-state index in [2.05, 4.69) is 22.6 Å². The molecular formula is C11H19N5O. The van der Waals surface area contributed by atoms with Crippen LogP contribution in [-0.2, 0) is 6.54 Å². The van der Waals surface area contributed by atoms with Crippen LogP contribution in [0.15, 0.2) is 6.20 Å². The molecule has 17 heavy (non-hydrogen) atoms. The van der Waals surface area contributed by atoms with Gasteiger partial charge >= 0.3 is 0 Å². The van der Waals surface area contributed by atoms with Gasteiger partial charge in [-0.1, -0.05) is 12.1 Å². The van der Waals surface area contributed by atoms with E-state index in [9.17, 15) is 4.79 Å². The van der Waals surface area contributed by atoms with E-state index in [0.29, 0.717) is 24.7 Å². The van der Waals surface area contributed by atoms with E-state index in [1.807, 2.05) is 0 Å². The quantitative estimate of drug-likeness (QED) is 0.780. The number of nitrogens with one attached hydrogen (secondary N) is 1. The molecule has 2 rings (SSSR count). The highest BCUT2D eigenvalue weighted by atomic mass is 16.2. The van der Waals surface area contributed by atoms with Gasteiger partial charge in [-0.15, -0.1) is 5.10 Å². The number of hydrogen-bond acceptors (Lipinski definition) is 4. The molecule has 0 aromatic carbocycles. The molecule has 1 aromatic rings. The Morgan fingerprint density at radius 2 is 2.47 bits per heavy atom. The fourth-order valence-electron chi connectivity index (χ4n) is 2.24. The zero-order chi connectivity index (χ0) is 12.3. The minimum absolute atomic E-state index is 0.132. The van der Waals surface area contributed by atoms with Gasteiger partial charge in [-0.25, -0.2) is 0 Å². The van der Waals surface area contributed by atoms with Crippen molar-refractivity contribution in [2.75, 3.05) is 6.54 Å². The van der Waals surface area contributed by atoms with Crippen molar-refractivity contribution in [3.63, 3.8) is 0 Å². The Balaban J connectivity index is 1.90. The lowest BCUT2D eigenvalue weighted by Crippen LogP contribution is -2.33. The predicted molar refractivity (Wildman–Crippen MR) is 63.3 cm³/mol. The molecule has 1 heterocycles. The van der Waals surface area contributed by atoms with E-state index < -0.39 is 0 Å². The van der Waals surface area contributed by atoms with Gasteiger partial charge in [0.05, 0.1) is 12.7 Å². The second kappa shape index (κ2) is 5.27. The lowest BCUT2D eigenvalue weighted by Gasteiger charge is -2.10. The Bertz CT molecular complexity index is 389. The number of carbonyl (C=O) groups is 1. The van der Waals surface area contributed by atoms with Crippen LogP contribution in [0, 0.1) is 5.92 Å². The van der Waals surface area contributed by atoms with E-state index in [1.165, 1.54) is 6.42 Å². The SMILES string of the molecule is CC1CCC(NC(=O)c2cn(CCN)nn2)C1. The number of amides is 1. The Labute approximate surface area is 101 Å². The van der Waals surface area contributed by atoms with Crippen molar-refractivity contribution in [1.82, 2.24) is 20.3 Å². The molecule has 1 aliphatic carbocycles. The Morgan fingerprint density at radius 1 is 1.65 bits per heavy atom. The third-order valence-corrected chi connectivity index (χ3v) is 3.16. The van der Waals surface area contributed by atoms with Crippen molar-refractivity contribution < 1.29 is 4.79 Å². The second-order valence-corrected chi connectivity index (χ2v) is 4.74. The molecule has 1 aliphatic rings. The average Bonchev–Trinajstić information content (AvgIpc) is 2.88. The van der Waals surface area contributed by atoms with E-state index >= 15 is 0 Å². The lowest BCUT2D eigenvalue weighted by atomic mass is 10.1. The summed E-state index contributed by atoms with van der Waals surface area (Å²) in [6.07, 6.45) is 4.94. The average molecular weight is 237 g/mol. The molecule has 94 valence electrons. The second-order valence-electron chi connectivity index (χ2n) is 4.74. The van der Waals surface area contributed by atoms with Crippen LogP contribution in [0.3, 0.4) is 0 Å². The molecule has 0 aliphatic heterocycles. The molecule has 6 heteroatoms. The number of hydrogen-bond donors (Lipinski definition) is 2. The molecule has 2 atom stereocenters. The van der Waals surface area contributed by atoms with Crippen LogP contribution < -0.4 is 11.1 Å². The number of aromatic nitrogens is 3. The Morgan fingerprint density at radius 3 is 3.12 bits per heavy atom. The summed E-state index contributed by atoms with van der Waals surface area (Å²) in [5, 5.41) is 10.7. The summed E-state index contributed by atoms with van der Waals surface area (Å²) in [5.41, 5.74) is 5.78. The van der Waals surface area contributed by atoms with Gasteiger partial charge in [0.25, 0.3) is 5.91 Å².